The standard InChI is InChI=1S/C12H10F2N2O2/c13-12(14)16-6-5-15-11(16)8-18-10-3-1-9(7-17)2-4-10/h1-7,12H,8H2. The van der Waals surface area contributed by atoms with Gasteiger partial charge in [0.05, 0.1) is 0 Å². The smallest absolute Gasteiger partial charge is 0.320 e. The van der Waals surface area contributed by atoms with Crippen LogP contribution >= 0.6 is 0 Å². The molecule has 0 aliphatic carbocycles. The van der Waals surface area contributed by atoms with Gasteiger partial charge in [-0.15, -0.1) is 0 Å². The van der Waals surface area contributed by atoms with Crippen molar-refractivity contribution in [3.63, 3.8) is 0 Å². The highest BCUT2D eigenvalue weighted by atomic mass is 19.3. The van der Waals surface area contributed by atoms with Gasteiger partial charge in [0, 0.05) is 18.0 Å². The van der Waals surface area contributed by atoms with Gasteiger partial charge < -0.3 is 4.74 Å². The monoisotopic (exact) mass is 252 g/mol. The Kier molecular flexibility index (Phi) is 3.66. The third-order valence-electron chi connectivity index (χ3n) is 2.34. The number of imidazole rings is 1. The van der Waals surface area contributed by atoms with Gasteiger partial charge in [-0.1, -0.05) is 0 Å². The van der Waals surface area contributed by atoms with E-state index in [2.05, 4.69) is 4.98 Å². The van der Waals surface area contributed by atoms with Crippen LogP contribution in [0.2, 0.25) is 0 Å². The minimum atomic E-state index is -2.64. The van der Waals surface area contributed by atoms with Crippen LogP contribution in [0, 0.1) is 0 Å². The zero-order chi connectivity index (χ0) is 13.0. The number of halogens is 2. The number of aldehydes is 1. The lowest BCUT2D eigenvalue weighted by Gasteiger charge is -2.08. The molecule has 0 aliphatic rings. The first-order chi connectivity index (χ1) is 8.70. The minimum Gasteiger partial charge on any atom is -0.486 e. The van der Waals surface area contributed by atoms with Gasteiger partial charge in [0.1, 0.15) is 18.6 Å². The van der Waals surface area contributed by atoms with Crippen LogP contribution in [-0.4, -0.2) is 15.8 Å². The number of carbonyl (C=O) groups excluding carboxylic acids is 1. The normalized spacial score (nSPS) is 10.6. The summed E-state index contributed by atoms with van der Waals surface area (Å²) < 4.78 is 31.1. The van der Waals surface area contributed by atoms with E-state index >= 15 is 0 Å². The van der Waals surface area contributed by atoms with Crippen molar-refractivity contribution in [2.24, 2.45) is 0 Å². The molecule has 0 radical (unpaired) electrons. The Morgan fingerprint density at radius 1 is 1.33 bits per heavy atom. The van der Waals surface area contributed by atoms with Crippen molar-refractivity contribution in [2.75, 3.05) is 0 Å². The molecule has 2 rings (SSSR count). The highest BCUT2D eigenvalue weighted by Gasteiger charge is 2.11. The molecular weight excluding hydrogens is 242 g/mol. The molecule has 0 N–H and O–H groups in total. The summed E-state index contributed by atoms with van der Waals surface area (Å²) in [5.41, 5.74) is 0.524. The summed E-state index contributed by atoms with van der Waals surface area (Å²) in [6.07, 6.45) is 3.20. The minimum absolute atomic E-state index is 0.0578. The molecule has 0 saturated carbocycles. The molecule has 18 heavy (non-hydrogen) atoms. The first kappa shape index (κ1) is 12.2. The topological polar surface area (TPSA) is 44.1 Å². The Morgan fingerprint density at radius 2 is 2.06 bits per heavy atom. The van der Waals surface area contributed by atoms with E-state index in [-0.39, 0.29) is 12.4 Å². The molecular formula is C12H10F2N2O2. The maximum absolute atomic E-state index is 12.5. The largest absolute Gasteiger partial charge is 0.486 e. The van der Waals surface area contributed by atoms with Gasteiger partial charge in [-0.2, -0.15) is 8.78 Å². The van der Waals surface area contributed by atoms with Crippen molar-refractivity contribution in [3.05, 3.63) is 48.0 Å². The van der Waals surface area contributed by atoms with Crippen LogP contribution in [0.25, 0.3) is 0 Å². The Hall–Kier alpha value is -2.24. The fourth-order valence-corrected chi connectivity index (χ4v) is 1.42. The Labute approximate surface area is 102 Å². The number of carbonyl (C=O) groups is 1. The maximum atomic E-state index is 12.5. The Balaban J connectivity index is 2.02. The Morgan fingerprint density at radius 3 is 2.67 bits per heavy atom. The fraction of sp³-hybridized carbons (Fsp3) is 0.167. The van der Waals surface area contributed by atoms with E-state index in [1.165, 1.54) is 12.4 Å². The van der Waals surface area contributed by atoms with Gasteiger partial charge in [0.2, 0.25) is 0 Å². The molecule has 0 saturated heterocycles. The quantitative estimate of drug-likeness (QED) is 0.768. The van der Waals surface area contributed by atoms with Crippen LogP contribution in [0.3, 0.4) is 0 Å². The molecule has 0 unspecified atom stereocenters. The van der Waals surface area contributed by atoms with Crippen molar-refractivity contribution in [1.82, 2.24) is 9.55 Å². The zero-order valence-electron chi connectivity index (χ0n) is 9.29. The number of aromatic nitrogens is 2. The van der Waals surface area contributed by atoms with E-state index in [1.807, 2.05) is 0 Å². The lowest BCUT2D eigenvalue weighted by Crippen LogP contribution is -2.07. The van der Waals surface area contributed by atoms with Crippen molar-refractivity contribution >= 4 is 6.29 Å². The Bertz CT molecular complexity index is 523. The molecule has 1 aromatic heterocycles. The van der Waals surface area contributed by atoms with E-state index in [0.717, 1.165) is 4.57 Å². The summed E-state index contributed by atoms with van der Waals surface area (Å²) in [7, 11) is 0. The number of rotatable bonds is 5. The number of nitrogens with zero attached hydrogens (tertiary/aromatic N) is 2. The summed E-state index contributed by atoms with van der Waals surface area (Å²) >= 11 is 0. The fourth-order valence-electron chi connectivity index (χ4n) is 1.42. The average molecular weight is 252 g/mol. The van der Waals surface area contributed by atoms with E-state index in [1.54, 1.807) is 24.3 Å². The second-order valence-electron chi connectivity index (χ2n) is 3.50. The first-order valence-corrected chi connectivity index (χ1v) is 5.18. The summed E-state index contributed by atoms with van der Waals surface area (Å²) in [6, 6.07) is 6.36. The lowest BCUT2D eigenvalue weighted by atomic mass is 10.2. The highest BCUT2D eigenvalue weighted by Crippen LogP contribution is 2.16. The van der Waals surface area contributed by atoms with Crippen LogP contribution in [0.5, 0.6) is 5.75 Å². The number of ether oxygens (including phenoxy) is 1. The van der Waals surface area contributed by atoms with Gasteiger partial charge in [-0.3, -0.25) is 9.36 Å². The molecule has 0 spiro atoms. The lowest BCUT2D eigenvalue weighted by molar-refractivity contribution is 0.0632. The SMILES string of the molecule is O=Cc1ccc(OCc2nccn2C(F)F)cc1. The number of hydrogen-bond donors (Lipinski definition) is 0. The van der Waals surface area contributed by atoms with E-state index < -0.39 is 6.55 Å². The second-order valence-corrected chi connectivity index (χ2v) is 3.50. The van der Waals surface area contributed by atoms with Crippen molar-refractivity contribution in [1.29, 1.82) is 0 Å². The summed E-state index contributed by atoms with van der Waals surface area (Å²) in [5, 5.41) is 0. The average Bonchev–Trinajstić information content (AvgIpc) is 2.85. The predicted octanol–water partition coefficient (Wildman–Crippen LogP) is 2.67. The molecule has 0 atom stereocenters. The molecule has 0 fully saturated rings. The van der Waals surface area contributed by atoms with Crippen LogP contribution in [0.1, 0.15) is 22.7 Å². The molecule has 1 heterocycles. The third kappa shape index (κ3) is 2.71. The highest BCUT2D eigenvalue weighted by molar-refractivity contribution is 5.74. The van der Waals surface area contributed by atoms with Gasteiger partial charge in [-0.25, -0.2) is 4.98 Å². The van der Waals surface area contributed by atoms with Crippen LogP contribution in [0.15, 0.2) is 36.7 Å². The molecule has 94 valence electrons. The second kappa shape index (κ2) is 5.39. The van der Waals surface area contributed by atoms with Crippen LogP contribution in [0.4, 0.5) is 8.78 Å². The molecule has 0 amide bonds. The molecule has 4 nitrogen and oxygen atoms in total. The van der Waals surface area contributed by atoms with Gasteiger partial charge in [-0.05, 0) is 24.3 Å². The molecule has 2 aromatic rings. The van der Waals surface area contributed by atoms with E-state index in [9.17, 15) is 13.6 Å². The van der Waals surface area contributed by atoms with E-state index in [0.29, 0.717) is 17.6 Å². The maximum Gasteiger partial charge on any atom is 0.320 e. The van der Waals surface area contributed by atoms with Gasteiger partial charge >= 0.3 is 6.55 Å². The predicted molar refractivity (Wildman–Crippen MR) is 59.6 cm³/mol. The number of alkyl halides is 2. The molecule has 0 aliphatic heterocycles. The molecule has 1 aromatic carbocycles. The van der Waals surface area contributed by atoms with E-state index in [4.69, 9.17) is 4.74 Å². The van der Waals surface area contributed by atoms with Gasteiger partial charge in [0.15, 0.2) is 5.82 Å². The van der Waals surface area contributed by atoms with Crippen LogP contribution in [-0.2, 0) is 6.61 Å². The summed E-state index contributed by atoms with van der Waals surface area (Å²) in [6.45, 7) is -2.69. The molecule has 0 bridgehead atoms. The summed E-state index contributed by atoms with van der Waals surface area (Å²) in [4.78, 5) is 14.2. The van der Waals surface area contributed by atoms with Crippen LogP contribution < -0.4 is 4.74 Å². The summed E-state index contributed by atoms with van der Waals surface area (Å²) in [5.74, 6) is 0.633. The first-order valence-electron chi connectivity index (χ1n) is 5.18. The van der Waals surface area contributed by atoms with Crippen molar-refractivity contribution in [2.45, 2.75) is 13.2 Å². The van der Waals surface area contributed by atoms with Crippen molar-refractivity contribution in [3.8, 4) is 5.75 Å². The third-order valence-corrected chi connectivity index (χ3v) is 2.34. The zero-order valence-corrected chi connectivity index (χ0v) is 9.29. The van der Waals surface area contributed by atoms with Gasteiger partial charge in [0.25, 0.3) is 0 Å². The van der Waals surface area contributed by atoms with Crippen molar-refractivity contribution < 1.29 is 18.3 Å². The molecule has 6 heteroatoms. The number of hydrogen-bond acceptors (Lipinski definition) is 3. The number of benzene rings is 1.